The van der Waals surface area contributed by atoms with Gasteiger partial charge in [0.05, 0.1) is 6.04 Å². The van der Waals surface area contributed by atoms with Crippen molar-refractivity contribution in [3.05, 3.63) is 0 Å². The lowest BCUT2D eigenvalue weighted by atomic mass is 9.96. The number of carbonyl (C=O) groups excluding carboxylic acids is 7. The average Bonchev–Trinajstić information content (AvgIpc) is 3.56. The van der Waals surface area contributed by atoms with Gasteiger partial charge in [-0.1, -0.05) is 40.5 Å². The molecule has 0 radical (unpaired) electrons. The van der Waals surface area contributed by atoms with Crippen LogP contribution < -0.4 is 43.8 Å². The zero-order valence-electron chi connectivity index (χ0n) is 30.7. The van der Waals surface area contributed by atoms with Crippen molar-refractivity contribution < 1.29 is 43.5 Å². The van der Waals surface area contributed by atoms with Crippen LogP contribution >= 0.6 is 0 Å². The number of primary amides is 1. The van der Waals surface area contributed by atoms with E-state index in [0.717, 1.165) is 0 Å². The van der Waals surface area contributed by atoms with E-state index in [2.05, 4.69) is 26.6 Å². The van der Waals surface area contributed by atoms with Crippen LogP contribution in [0.15, 0.2) is 0 Å². The second-order valence-corrected chi connectivity index (χ2v) is 13.5. The molecule has 1 fully saturated rings. The Morgan fingerprint density at radius 2 is 1.41 bits per heavy atom. The van der Waals surface area contributed by atoms with Crippen LogP contribution in [-0.2, 0) is 38.4 Å². The van der Waals surface area contributed by atoms with E-state index in [9.17, 15) is 38.4 Å². The quantitative estimate of drug-likeness (QED) is 0.0547. The SMILES string of the molecule is CC[C@H](C)[C@H](NC(=O)[C@H](C)NC(=O)[C@H](CCC(N)=O)NC(=O)[C@@H](N)CCCCN)C(=O)N1CCC[C@H]1C(=O)N[C@H](C(=O)N[C@@H](C)C(=O)O)C(C)C. The predicted molar refractivity (Wildman–Crippen MR) is 187 cm³/mol. The van der Waals surface area contributed by atoms with E-state index in [1.54, 1.807) is 20.8 Å². The van der Waals surface area contributed by atoms with Gasteiger partial charge in [0.1, 0.15) is 36.3 Å². The van der Waals surface area contributed by atoms with Gasteiger partial charge in [0.15, 0.2) is 0 Å². The van der Waals surface area contributed by atoms with Gasteiger partial charge in [-0.15, -0.1) is 0 Å². The summed E-state index contributed by atoms with van der Waals surface area (Å²) in [5.41, 5.74) is 16.7. The second-order valence-electron chi connectivity index (χ2n) is 13.5. The van der Waals surface area contributed by atoms with Gasteiger partial charge in [0.2, 0.25) is 41.4 Å². The first kappa shape index (κ1) is 44.7. The van der Waals surface area contributed by atoms with Crippen molar-refractivity contribution in [2.24, 2.45) is 29.0 Å². The summed E-state index contributed by atoms with van der Waals surface area (Å²) in [6.45, 7) is 10.3. The smallest absolute Gasteiger partial charge is 0.325 e. The third-order valence-corrected chi connectivity index (χ3v) is 8.96. The maximum absolute atomic E-state index is 13.9. The largest absolute Gasteiger partial charge is 0.480 e. The fourth-order valence-electron chi connectivity index (χ4n) is 5.45. The number of hydrogen-bond acceptors (Lipinski definition) is 10. The molecule has 0 spiro atoms. The lowest BCUT2D eigenvalue weighted by Crippen LogP contribution is -2.60. The van der Waals surface area contributed by atoms with Crippen LogP contribution in [-0.4, -0.2) is 113 Å². The number of hydrogen-bond donors (Lipinski definition) is 9. The van der Waals surface area contributed by atoms with Crippen molar-refractivity contribution in [1.82, 2.24) is 31.5 Å². The van der Waals surface area contributed by atoms with Crippen LogP contribution in [0.1, 0.15) is 92.9 Å². The van der Waals surface area contributed by atoms with Gasteiger partial charge in [-0.2, -0.15) is 0 Å². The van der Waals surface area contributed by atoms with E-state index in [-0.39, 0.29) is 25.3 Å². The summed E-state index contributed by atoms with van der Waals surface area (Å²) in [5, 5.41) is 21.9. The van der Waals surface area contributed by atoms with Crippen LogP contribution in [0.3, 0.4) is 0 Å². The summed E-state index contributed by atoms with van der Waals surface area (Å²) in [7, 11) is 0. The molecule has 0 aromatic carbocycles. The molecule has 0 aromatic heterocycles. The molecule has 1 rings (SSSR count). The molecule has 12 N–H and O–H groups in total. The number of amides is 7. The van der Waals surface area contributed by atoms with E-state index >= 15 is 0 Å². The molecule has 1 saturated heterocycles. The Labute approximate surface area is 299 Å². The first-order valence-electron chi connectivity index (χ1n) is 17.6. The Morgan fingerprint density at radius 3 is 1.96 bits per heavy atom. The van der Waals surface area contributed by atoms with Crippen LogP contribution in [0.25, 0.3) is 0 Å². The average molecular weight is 726 g/mol. The first-order valence-corrected chi connectivity index (χ1v) is 17.6. The van der Waals surface area contributed by atoms with Crippen molar-refractivity contribution in [2.45, 2.75) is 135 Å². The topological polar surface area (TPSA) is 298 Å². The number of carboxylic acids is 1. The molecule has 1 aliphatic heterocycles. The predicted octanol–water partition coefficient (Wildman–Crippen LogP) is -2.05. The fourth-order valence-corrected chi connectivity index (χ4v) is 5.45. The standard InChI is InChI=1S/C33H59N9O9/c1-7-18(4)26(32(49)42-16-10-12-23(42)30(47)40-25(17(2)3)31(48)38-20(6)33(50)51)41-27(44)19(5)37-29(46)22(13-14-24(36)43)39-28(45)21(35)11-8-9-15-34/h17-23,25-26H,7-16,34-35H2,1-6H3,(H2,36,43)(H,37,46)(H,38,48)(H,39,45)(H,40,47)(H,41,44)(H,50,51)/t18-,19-,20-,21-,22-,23-,25-,26-/m0/s1. The highest BCUT2D eigenvalue weighted by atomic mass is 16.4. The molecule has 51 heavy (non-hydrogen) atoms. The monoisotopic (exact) mass is 725 g/mol. The van der Waals surface area contributed by atoms with Crippen molar-refractivity contribution in [3.8, 4) is 0 Å². The Hall–Kier alpha value is -4.32. The molecule has 18 heteroatoms. The summed E-state index contributed by atoms with van der Waals surface area (Å²) >= 11 is 0. The summed E-state index contributed by atoms with van der Waals surface area (Å²) < 4.78 is 0. The number of rotatable bonds is 22. The molecule has 1 heterocycles. The van der Waals surface area contributed by atoms with Crippen LogP contribution in [0.4, 0.5) is 0 Å². The number of likely N-dealkylation sites (tertiary alicyclic amines) is 1. The van der Waals surface area contributed by atoms with E-state index in [4.69, 9.17) is 22.3 Å². The van der Waals surface area contributed by atoms with Crippen LogP contribution in [0.2, 0.25) is 0 Å². The lowest BCUT2D eigenvalue weighted by molar-refractivity contribution is -0.144. The first-order chi connectivity index (χ1) is 23.9. The summed E-state index contributed by atoms with van der Waals surface area (Å²) in [4.78, 5) is 104. The zero-order valence-corrected chi connectivity index (χ0v) is 30.7. The van der Waals surface area contributed by atoms with Gasteiger partial charge in [-0.3, -0.25) is 38.4 Å². The second kappa shape index (κ2) is 21.8. The Kier molecular flexibility index (Phi) is 19.1. The molecule has 0 unspecified atom stereocenters. The summed E-state index contributed by atoms with van der Waals surface area (Å²) in [6.07, 6.45) is 2.50. The minimum Gasteiger partial charge on any atom is -0.480 e. The van der Waals surface area contributed by atoms with E-state index in [0.29, 0.717) is 45.1 Å². The van der Waals surface area contributed by atoms with Crippen molar-refractivity contribution >= 4 is 47.3 Å². The van der Waals surface area contributed by atoms with Gasteiger partial charge < -0.3 is 53.8 Å². The number of carbonyl (C=O) groups is 8. The molecule has 0 aliphatic carbocycles. The minimum absolute atomic E-state index is 0.138. The molecule has 0 aromatic rings. The van der Waals surface area contributed by atoms with Gasteiger partial charge in [-0.25, -0.2) is 0 Å². The fraction of sp³-hybridized carbons (Fsp3) is 0.758. The van der Waals surface area contributed by atoms with Gasteiger partial charge in [0, 0.05) is 13.0 Å². The van der Waals surface area contributed by atoms with Gasteiger partial charge >= 0.3 is 5.97 Å². The molecule has 0 saturated carbocycles. The normalized spacial score (nSPS) is 18.3. The molecular weight excluding hydrogens is 666 g/mol. The maximum atomic E-state index is 13.9. The minimum atomic E-state index is -1.24. The highest BCUT2D eigenvalue weighted by Gasteiger charge is 2.41. The van der Waals surface area contributed by atoms with Crippen molar-refractivity contribution in [2.75, 3.05) is 13.1 Å². The third-order valence-electron chi connectivity index (χ3n) is 8.96. The Bertz CT molecular complexity index is 1250. The summed E-state index contributed by atoms with van der Waals surface area (Å²) in [5.74, 6) is -6.57. The number of carboxylic acid groups (broad SMARTS) is 1. The van der Waals surface area contributed by atoms with Gasteiger partial charge in [0.25, 0.3) is 0 Å². The third kappa shape index (κ3) is 14.4. The van der Waals surface area contributed by atoms with E-state index < -0.39 is 95.5 Å². The molecule has 18 nitrogen and oxygen atoms in total. The maximum Gasteiger partial charge on any atom is 0.325 e. The highest BCUT2D eigenvalue weighted by molar-refractivity contribution is 5.97. The number of nitrogens with one attached hydrogen (secondary N) is 5. The number of aliphatic carboxylic acids is 1. The molecular formula is C33H59N9O9. The number of nitrogens with zero attached hydrogens (tertiary/aromatic N) is 1. The highest BCUT2D eigenvalue weighted by Crippen LogP contribution is 2.22. The van der Waals surface area contributed by atoms with Crippen molar-refractivity contribution in [1.29, 1.82) is 0 Å². The molecule has 7 amide bonds. The van der Waals surface area contributed by atoms with E-state index in [1.165, 1.54) is 18.7 Å². The Morgan fingerprint density at radius 1 is 0.784 bits per heavy atom. The lowest BCUT2D eigenvalue weighted by Gasteiger charge is -2.33. The Balaban J connectivity index is 3.07. The molecule has 8 atom stereocenters. The van der Waals surface area contributed by atoms with Crippen LogP contribution in [0, 0.1) is 11.8 Å². The zero-order chi connectivity index (χ0) is 39.0. The molecule has 1 aliphatic rings. The van der Waals surface area contributed by atoms with Crippen LogP contribution in [0.5, 0.6) is 0 Å². The molecule has 290 valence electrons. The molecule has 0 bridgehead atoms. The van der Waals surface area contributed by atoms with E-state index in [1.807, 2.05) is 6.92 Å². The summed E-state index contributed by atoms with van der Waals surface area (Å²) in [6, 6.07) is -7.58. The number of unbranched alkanes of at least 4 members (excludes halogenated alkanes) is 1. The van der Waals surface area contributed by atoms with Crippen molar-refractivity contribution in [3.63, 3.8) is 0 Å². The van der Waals surface area contributed by atoms with Gasteiger partial charge in [-0.05, 0) is 64.3 Å². The number of nitrogens with two attached hydrogens (primary N) is 3.